The molecule has 0 bridgehead atoms. The molecule has 0 aliphatic carbocycles. The average molecular weight is 250 g/mol. The van der Waals surface area contributed by atoms with E-state index in [0.717, 1.165) is 12.3 Å². The molecule has 0 saturated heterocycles. The Labute approximate surface area is 99.0 Å². The number of hydrogen-bond donors (Lipinski definition) is 0. The van der Waals surface area contributed by atoms with E-state index in [4.69, 9.17) is 4.18 Å². The molecule has 88 valence electrons. The maximum atomic E-state index is 11.4. The van der Waals surface area contributed by atoms with Gasteiger partial charge in [0.15, 0.2) is 5.75 Å². The molecule has 0 amide bonds. The van der Waals surface area contributed by atoms with Crippen LogP contribution in [0.25, 0.3) is 10.8 Å². The molecule has 0 aliphatic rings. The van der Waals surface area contributed by atoms with Crippen molar-refractivity contribution in [1.29, 1.82) is 0 Å². The fourth-order valence-electron chi connectivity index (χ4n) is 1.45. The van der Waals surface area contributed by atoms with Gasteiger partial charge in [-0.2, -0.15) is 8.42 Å². The number of hydrogen-bond acceptors (Lipinski definition) is 4. The van der Waals surface area contributed by atoms with Gasteiger partial charge >= 0.3 is 10.1 Å². The predicted octanol–water partition coefficient (Wildman–Crippen LogP) is 2.09. The van der Waals surface area contributed by atoms with Gasteiger partial charge in [-0.3, -0.25) is 4.79 Å². The summed E-state index contributed by atoms with van der Waals surface area (Å²) in [6.07, 6.45) is 0. The smallest absolute Gasteiger partial charge is 0.373 e. The van der Waals surface area contributed by atoms with Crippen LogP contribution in [0.15, 0.2) is 42.5 Å². The normalized spacial score (nSPS) is 11.4. The molecule has 0 heterocycles. The van der Waals surface area contributed by atoms with E-state index >= 15 is 0 Å². The first kappa shape index (κ1) is 11.6. The Morgan fingerprint density at radius 3 is 2.41 bits per heavy atom. The standard InChI is InChI=1S/C12H10O4S/c1-9(13)17(14,15)16-12-8-4-6-10-5-2-3-7-11(10)12/h2-8H,1H3. The summed E-state index contributed by atoms with van der Waals surface area (Å²) in [5, 5.41) is 0.494. The van der Waals surface area contributed by atoms with Gasteiger partial charge in [0.2, 0.25) is 0 Å². The third-order valence-corrected chi connectivity index (χ3v) is 3.40. The second-order valence-electron chi connectivity index (χ2n) is 3.51. The Morgan fingerprint density at radius 2 is 1.71 bits per heavy atom. The first-order valence-corrected chi connectivity index (χ1v) is 6.34. The quantitative estimate of drug-likeness (QED) is 0.766. The zero-order chi connectivity index (χ0) is 12.5. The van der Waals surface area contributed by atoms with Crippen molar-refractivity contribution in [3.63, 3.8) is 0 Å². The van der Waals surface area contributed by atoms with Crippen LogP contribution in [-0.4, -0.2) is 13.5 Å². The molecule has 0 radical (unpaired) electrons. The minimum absolute atomic E-state index is 0.165. The van der Waals surface area contributed by atoms with Gasteiger partial charge in [0, 0.05) is 12.3 Å². The van der Waals surface area contributed by atoms with Crippen molar-refractivity contribution < 1.29 is 17.4 Å². The lowest BCUT2D eigenvalue weighted by atomic mass is 10.1. The molecular formula is C12H10O4S. The van der Waals surface area contributed by atoms with Crippen LogP contribution in [0, 0.1) is 0 Å². The third kappa shape index (κ3) is 2.29. The zero-order valence-electron chi connectivity index (χ0n) is 9.08. The van der Waals surface area contributed by atoms with Crippen LogP contribution >= 0.6 is 0 Å². The van der Waals surface area contributed by atoms with Crippen LogP contribution in [0.1, 0.15) is 6.92 Å². The van der Waals surface area contributed by atoms with E-state index in [9.17, 15) is 13.2 Å². The van der Waals surface area contributed by atoms with Crippen molar-refractivity contribution >= 4 is 26.0 Å². The minimum Gasteiger partial charge on any atom is -0.376 e. The number of fused-ring (bicyclic) bond motifs is 1. The summed E-state index contributed by atoms with van der Waals surface area (Å²) in [5.41, 5.74) is 0. The van der Waals surface area contributed by atoms with E-state index in [1.165, 1.54) is 6.07 Å². The van der Waals surface area contributed by atoms with Gasteiger partial charge < -0.3 is 4.18 Å². The number of carbonyl (C=O) groups is 1. The Hall–Kier alpha value is -1.88. The van der Waals surface area contributed by atoms with E-state index in [1.807, 2.05) is 18.2 Å². The van der Waals surface area contributed by atoms with E-state index < -0.39 is 15.2 Å². The Kier molecular flexibility index (Phi) is 2.85. The Balaban J connectivity index is 2.54. The molecule has 0 aliphatic heterocycles. The third-order valence-electron chi connectivity index (χ3n) is 2.30. The summed E-state index contributed by atoms with van der Waals surface area (Å²) in [6, 6.07) is 12.2. The van der Waals surface area contributed by atoms with E-state index in [2.05, 4.69) is 0 Å². The fourth-order valence-corrected chi connectivity index (χ4v) is 1.94. The summed E-state index contributed by atoms with van der Waals surface area (Å²) in [4.78, 5) is 10.9. The molecule has 5 heteroatoms. The van der Waals surface area contributed by atoms with Crippen LogP contribution in [0.3, 0.4) is 0 Å². The summed E-state index contributed by atoms with van der Waals surface area (Å²) < 4.78 is 27.5. The lowest BCUT2D eigenvalue weighted by molar-refractivity contribution is -0.110. The number of carbonyl (C=O) groups excluding carboxylic acids is 1. The molecule has 4 nitrogen and oxygen atoms in total. The highest BCUT2D eigenvalue weighted by atomic mass is 32.2. The van der Waals surface area contributed by atoms with Gasteiger partial charge in [0.1, 0.15) is 0 Å². The second kappa shape index (κ2) is 4.18. The minimum atomic E-state index is -4.18. The highest BCUT2D eigenvalue weighted by Crippen LogP contribution is 2.26. The van der Waals surface area contributed by atoms with Gasteiger partial charge in [-0.1, -0.05) is 36.4 Å². The number of rotatable bonds is 2. The predicted molar refractivity (Wildman–Crippen MR) is 64.2 cm³/mol. The van der Waals surface area contributed by atoms with Crippen LogP contribution in [0.5, 0.6) is 5.75 Å². The van der Waals surface area contributed by atoms with Gasteiger partial charge in [-0.05, 0) is 11.5 Å². The van der Waals surface area contributed by atoms with Crippen LogP contribution < -0.4 is 4.18 Å². The summed E-state index contributed by atoms with van der Waals surface area (Å²) in [7, 11) is -4.18. The van der Waals surface area contributed by atoms with Crippen molar-refractivity contribution in [3.8, 4) is 5.75 Å². The molecule has 2 rings (SSSR count). The highest BCUT2D eigenvalue weighted by Gasteiger charge is 2.20. The first-order valence-electron chi connectivity index (χ1n) is 4.93. The van der Waals surface area contributed by atoms with Crippen LogP contribution in [0.2, 0.25) is 0 Å². The van der Waals surface area contributed by atoms with Crippen molar-refractivity contribution in [1.82, 2.24) is 0 Å². The number of benzene rings is 2. The Morgan fingerprint density at radius 1 is 1.06 bits per heavy atom. The zero-order valence-corrected chi connectivity index (χ0v) is 9.90. The van der Waals surface area contributed by atoms with Gasteiger partial charge in [0.05, 0.1) is 0 Å². The van der Waals surface area contributed by atoms with Crippen molar-refractivity contribution in [2.75, 3.05) is 0 Å². The van der Waals surface area contributed by atoms with Gasteiger partial charge in [0.25, 0.3) is 5.12 Å². The molecule has 0 fully saturated rings. The topological polar surface area (TPSA) is 60.4 Å². The van der Waals surface area contributed by atoms with Gasteiger partial charge in [-0.15, -0.1) is 0 Å². The molecule has 0 aromatic heterocycles. The average Bonchev–Trinajstić information content (AvgIpc) is 2.29. The maximum Gasteiger partial charge on any atom is 0.373 e. The maximum absolute atomic E-state index is 11.4. The molecule has 17 heavy (non-hydrogen) atoms. The largest absolute Gasteiger partial charge is 0.376 e. The summed E-state index contributed by atoms with van der Waals surface area (Å²) >= 11 is 0. The van der Waals surface area contributed by atoms with E-state index in [-0.39, 0.29) is 5.75 Å². The molecule has 2 aromatic rings. The monoisotopic (exact) mass is 250 g/mol. The van der Waals surface area contributed by atoms with Crippen LogP contribution in [-0.2, 0) is 14.9 Å². The van der Waals surface area contributed by atoms with Crippen molar-refractivity contribution in [2.24, 2.45) is 0 Å². The molecule has 0 saturated carbocycles. The van der Waals surface area contributed by atoms with Crippen molar-refractivity contribution in [3.05, 3.63) is 42.5 Å². The Bertz CT molecular complexity index is 668. The molecule has 2 aromatic carbocycles. The molecule has 0 atom stereocenters. The molecule has 0 spiro atoms. The SMILES string of the molecule is CC(=O)S(=O)(=O)Oc1cccc2ccccc12. The second-order valence-corrected chi connectivity index (χ2v) is 5.16. The van der Waals surface area contributed by atoms with Crippen LogP contribution in [0.4, 0.5) is 0 Å². The van der Waals surface area contributed by atoms with Crippen molar-refractivity contribution in [2.45, 2.75) is 6.92 Å². The fraction of sp³-hybridized carbons (Fsp3) is 0.0833. The molecular weight excluding hydrogens is 240 g/mol. The molecule has 0 N–H and O–H groups in total. The summed E-state index contributed by atoms with van der Waals surface area (Å²) in [5.74, 6) is 0.165. The van der Waals surface area contributed by atoms with E-state index in [0.29, 0.717) is 5.39 Å². The first-order chi connectivity index (χ1) is 8.00. The lowest BCUT2D eigenvalue weighted by Crippen LogP contribution is -2.17. The lowest BCUT2D eigenvalue weighted by Gasteiger charge is -2.07. The van der Waals surface area contributed by atoms with Gasteiger partial charge in [-0.25, -0.2) is 0 Å². The van der Waals surface area contributed by atoms with E-state index in [1.54, 1.807) is 18.2 Å². The molecule has 0 unspecified atom stereocenters. The highest BCUT2D eigenvalue weighted by molar-refractivity contribution is 8.02. The summed E-state index contributed by atoms with van der Waals surface area (Å²) in [6.45, 7) is 0.959.